The second-order valence-electron chi connectivity index (χ2n) is 9.92. The molecule has 0 saturated carbocycles. The molecule has 2 aromatic rings. The van der Waals surface area contributed by atoms with Crippen LogP contribution in [0.25, 0.3) is 11.1 Å². The van der Waals surface area contributed by atoms with Gasteiger partial charge >= 0.3 is 0 Å². The lowest BCUT2D eigenvalue weighted by Gasteiger charge is -2.10. The standard InChI is InChI=1S/C18H22.C6H10O.C6H14.C4H10.2C2H6/c1-4-7-16-8-6-9-17(12-16)18-13-15(5-2)11-10-14(18)3;1-4-5(2)6(3)7;1-3-5-6-4-2;1-4(2)3;2*1-2/h6,8-13H,4-5,7H2,1-3H3;4H,1-3H3;3-6H2,1-2H3;4H,1-3H3;2*1-2H3/b;5-4+;;;;. The van der Waals surface area contributed by atoms with E-state index in [1.54, 1.807) is 6.92 Å². The molecular formula is C38H68O. The Kier molecular flexibility index (Phi) is 36.1. The molecule has 2 aromatic carbocycles. The van der Waals surface area contributed by atoms with Crippen molar-refractivity contribution in [2.75, 3.05) is 0 Å². The highest BCUT2D eigenvalue weighted by molar-refractivity contribution is 5.92. The van der Waals surface area contributed by atoms with Crippen molar-refractivity contribution in [3.63, 3.8) is 0 Å². The quantitative estimate of drug-likeness (QED) is 0.240. The molecule has 2 rings (SSSR count). The van der Waals surface area contributed by atoms with E-state index in [-0.39, 0.29) is 5.78 Å². The molecule has 0 aromatic heterocycles. The van der Waals surface area contributed by atoms with Crippen LogP contribution in [0.2, 0.25) is 0 Å². The number of allylic oxidation sites excluding steroid dienone is 2. The lowest BCUT2D eigenvalue weighted by atomic mass is 9.95. The van der Waals surface area contributed by atoms with Crippen molar-refractivity contribution in [2.24, 2.45) is 5.92 Å². The zero-order chi connectivity index (χ0) is 31.2. The van der Waals surface area contributed by atoms with Gasteiger partial charge in [-0.2, -0.15) is 0 Å². The number of hydrogen-bond donors (Lipinski definition) is 0. The van der Waals surface area contributed by atoms with Crippen molar-refractivity contribution < 1.29 is 4.79 Å². The second-order valence-corrected chi connectivity index (χ2v) is 9.92. The second kappa shape index (κ2) is 32.1. The predicted molar refractivity (Wildman–Crippen MR) is 183 cm³/mol. The number of carbonyl (C=O) groups excluding carboxylic acids is 1. The highest BCUT2D eigenvalue weighted by Gasteiger charge is 2.04. The zero-order valence-corrected chi connectivity index (χ0v) is 29.1. The van der Waals surface area contributed by atoms with Gasteiger partial charge in [-0.1, -0.05) is 157 Å². The Bertz CT molecular complexity index is 820. The maximum absolute atomic E-state index is 10.3. The van der Waals surface area contributed by atoms with Crippen molar-refractivity contribution in [3.8, 4) is 11.1 Å². The summed E-state index contributed by atoms with van der Waals surface area (Å²) in [6.07, 6.45) is 10.8. The van der Waals surface area contributed by atoms with Gasteiger partial charge in [0.15, 0.2) is 5.78 Å². The van der Waals surface area contributed by atoms with Crippen LogP contribution in [0.3, 0.4) is 0 Å². The number of ketones is 1. The summed E-state index contributed by atoms with van der Waals surface area (Å²) in [7, 11) is 0. The first-order chi connectivity index (χ1) is 18.6. The van der Waals surface area contributed by atoms with Crippen LogP contribution in [0.4, 0.5) is 0 Å². The maximum atomic E-state index is 10.3. The topological polar surface area (TPSA) is 17.1 Å². The minimum Gasteiger partial charge on any atom is -0.295 e. The molecule has 39 heavy (non-hydrogen) atoms. The van der Waals surface area contributed by atoms with E-state index in [0.717, 1.165) is 17.9 Å². The molecule has 0 aliphatic carbocycles. The van der Waals surface area contributed by atoms with Crippen molar-refractivity contribution in [1.82, 2.24) is 0 Å². The van der Waals surface area contributed by atoms with Crippen LogP contribution in [0, 0.1) is 12.8 Å². The van der Waals surface area contributed by atoms with E-state index in [2.05, 4.69) is 97.9 Å². The minimum absolute atomic E-state index is 0.155. The molecule has 1 nitrogen and oxygen atoms in total. The lowest BCUT2D eigenvalue weighted by molar-refractivity contribution is -0.113. The smallest absolute Gasteiger partial charge is 0.155 e. The van der Waals surface area contributed by atoms with Crippen molar-refractivity contribution in [2.45, 2.75) is 149 Å². The van der Waals surface area contributed by atoms with Gasteiger partial charge in [0.25, 0.3) is 0 Å². The average molecular weight is 541 g/mol. The third-order valence-corrected chi connectivity index (χ3v) is 5.43. The molecule has 0 N–H and O–H groups in total. The Morgan fingerprint density at radius 1 is 0.769 bits per heavy atom. The van der Waals surface area contributed by atoms with E-state index in [1.807, 2.05) is 47.6 Å². The van der Waals surface area contributed by atoms with Gasteiger partial charge in [0.2, 0.25) is 0 Å². The molecule has 0 radical (unpaired) electrons. The SMILES string of the molecule is C/C=C(\C)C(C)=O.CC.CC.CC(C)C.CCCCCC.CCCc1cccc(-c2cc(CC)ccc2C)c1. The predicted octanol–water partition coefficient (Wildman–Crippen LogP) is 13.0. The molecule has 0 saturated heterocycles. The van der Waals surface area contributed by atoms with Gasteiger partial charge in [0, 0.05) is 0 Å². The number of carbonyl (C=O) groups is 1. The van der Waals surface area contributed by atoms with Gasteiger partial charge in [0.1, 0.15) is 0 Å². The molecule has 0 aliphatic rings. The van der Waals surface area contributed by atoms with Crippen LogP contribution < -0.4 is 0 Å². The van der Waals surface area contributed by atoms with Gasteiger partial charge in [-0.3, -0.25) is 4.79 Å². The van der Waals surface area contributed by atoms with Gasteiger partial charge in [-0.25, -0.2) is 0 Å². The number of unbranched alkanes of at least 4 members (excludes halogenated alkanes) is 3. The summed E-state index contributed by atoms with van der Waals surface area (Å²) in [6, 6.07) is 15.8. The van der Waals surface area contributed by atoms with Crippen LogP contribution in [0.15, 0.2) is 54.1 Å². The van der Waals surface area contributed by atoms with Crippen molar-refractivity contribution in [1.29, 1.82) is 0 Å². The van der Waals surface area contributed by atoms with Crippen molar-refractivity contribution in [3.05, 3.63) is 70.8 Å². The van der Waals surface area contributed by atoms with E-state index >= 15 is 0 Å². The molecular weight excluding hydrogens is 472 g/mol. The molecule has 0 aliphatic heterocycles. The van der Waals surface area contributed by atoms with E-state index in [0.29, 0.717) is 0 Å². The number of Topliss-reactive ketones (excluding diaryl/α,β-unsaturated/α-hetero) is 1. The number of aryl methyl sites for hydroxylation is 3. The van der Waals surface area contributed by atoms with Gasteiger partial charge in [0.05, 0.1) is 0 Å². The summed E-state index contributed by atoms with van der Waals surface area (Å²) in [4.78, 5) is 10.3. The van der Waals surface area contributed by atoms with Crippen LogP contribution in [-0.4, -0.2) is 5.78 Å². The fourth-order valence-corrected chi connectivity index (χ4v) is 3.09. The molecule has 0 amide bonds. The highest BCUT2D eigenvalue weighted by Crippen LogP contribution is 2.26. The van der Waals surface area contributed by atoms with E-state index in [1.165, 1.54) is 66.3 Å². The Morgan fingerprint density at radius 2 is 1.28 bits per heavy atom. The van der Waals surface area contributed by atoms with Gasteiger partial charge < -0.3 is 0 Å². The molecule has 226 valence electrons. The first-order valence-corrected chi connectivity index (χ1v) is 15.9. The fraction of sp³-hybridized carbons (Fsp3) is 0.605. The maximum Gasteiger partial charge on any atom is 0.155 e. The summed E-state index contributed by atoms with van der Waals surface area (Å²) in [5.74, 6) is 0.988. The van der Waals surface area contributed by atoms with E-state index < -0.39 is 0 Å². The van der Waals surface area contributed by atoms with Gasteiger partial charge in [-0.05, 0) is 79.8 Å². The summed E-state index contributed by atoms with van der Waals surface area (Å²) in [5, 5.41) is 0. The molecule has 0 fully saturated rings. The summed E-state index contributed by atoms with van der Waals surface area (Å²) < 4.78 is 0. The normalized spacial score (nSPS) is 9.59. The van der Waals surface area contributed by atoms with Crippen molar-refractivity contribution >= 4 is 5.78 Å². The number of rotatable bonds is 8. The lowest BCUT2D eigenvalue weighted by Crippen LogP contribution is -1.89. The fourth-order valence-electron chi connectivity index (χ4n) is 3.09. The Hall–Kier alpha value is -2.15. The Morgan fingerprint density at radius 3 is 1.64 bits per heavy atom. The van der Waals surface area contributed by atoms with E-state index in [4.69, 9.17) is 0 Å². The molecule has 0 atom stereocenters. The molecule has 0 heterocycles. The molecule has 0 spiro atoms. The van der Waals surface area contributed by atoms with E-state index in [9.17, 15) is 4.79 Å². The molecule has 0 unspecified atom stereocenters. The number of benzene rings is 2. The Balaban J connectivity index is -0.000000242. The summed E-state index contributed by atoms with van der Waals surface area (Å²) >= 11 is 0. The number of hydrogen-bond acceptors (Lipinski definition) is 1. The van der Waals surface area contributed by atoms with Crippen LogP contribution in [0.5, 0.6) is 0 Å². The first kappa shape index (κ1) is 43.9. The largest absolute Gasteiger partial charge is 0.295 e. The third kappa shape index (κ3) is 27.2. The first-order valence-electron chi connectivity index (χ1n) is 15.9. The summed E-state index contributed by atoms with van der Waals surface area (Å²) in [5.41, 5.74) is 7.79. The van der Waals surface area contributed by atoms with Crippen LogP contribution in [-0.2, 0) is 17.6 Å². The monoisotopic (exact) mass is 541 g/mol. The molecule has 0 bridgehead atoms. The third-order valence-electron chi connectivity index (χ3n) is 5.43. The summed E-state index contributed by atoms with van der Waals surface area (Å²) in [6.45, 7) is 30.8. The van der Waals surface area contributed by atoms with Crippen LogP contribution >= 0.6 is 0 Å². The Labute approximate surface area is 246 Å². The zero-order valence-electron chi connectivity index (χ0n) is 29.1. The molecule has 1 heteroatoms. The van der Waals surface area contributed by atoms with Gasteiger partial charge in [-0.15, -0.1) is 0 Å². The highest BCUT2D eigenvalue weighted by atomic mass is 16.1. The van der Waals surface area contributed by atoms with Crippen LogP contribution in [0.1, 0.15) is 146 Å². The average Bonchev–Trinajstić information content (AvgIpc) is 2.94. The minimum atomic E-state index is 0.155.